The number of para-hydroxylation sites is 1. The van der Waals surface area contributed by atoms with Crippen LogP contribution in [-0.4, -0.2) is 9.78 Å². The van der Waals surface area contributed by atoms with Crippen molar-refractivity contribution in [3.8, 4) is 5.69 Å². The SMILES string of the molecule is O=c1ccn(-c2ccccc2)[nH]c1=O. The molecule has 1 aromatic heterocycles. The lowest BCUT2D eigenvalue weighted by Crippen LogP contribution is -2.29. The molecule has 0 aliphatic carbocycles. The summed E-state index contributed by atoms with van der Waals surface area (Å²) < 4.78 is 1.50. The quantitative estimate of drug-likeness (QED) is 0.663. The molecule has 0 amide bonds. The molecule has 2 rings (SSSR count). The summed E-state index contributed by atoms with van der Waals surface area (Å²) in [5.41, 5.74) is -0.335. The van der Waals surface area contributed by atoms with Crippen LogP contribution in [0.15, 0.2) is 52.2 Å². The Morgan fingerprint density at radius 2 is 1.71 bits per heavy atom. The molecule has 0 unspecified atom stereocenters. The van der Waals surface area contributed by atoms with Gasteiger partial charge in [-0.15, -0.1) is 0 Å². The maximum atomic E-state index is 11.0. The molecule has 70 valence electrons. The van der Waals surface area contributed by atoms with Crippen LogP contribution >= 0.6 is 0 Å². The molecular formula is C10H8N2O2. The van der Waals surface area contributed by atoms with Gasteiger partial charge in [0, 0.05) is 12.3 Å². The van der Waals surface area contributed by atoms with Gasteiger partial charge in [-0.3, -0.25) is 19.4 Å². The van der Waals surface area contributed by atoms with Crippen LogP contribution in [0.4, 0.5) is 0 Å². The first-order valence-electron chi connectivity index (χ1n) is 4.15. The molecule has 0 fully saturated rings. The number of aromatic amines is 1. The lowest BCUT2D eigenvalue weighted by Gasteiger charge is -2.03. The maximum absolute atomic E-state index is 11.0. The monoisotopic (exact) mass is 188 g/mol. The van der Waals surface area contributed by atoms with Gasteiger partial charge in [-0.1, -0.05) is 18.2 Å². The van der Waals surface area contributed by atoms with Gasteiger partial charge in [-0.05, 0) is 12.1 Å². The highest BCUT2D eigenvalue weighted by Gasteiger charge is 1.95. The summed E-state index contributed by atoms with van der Waals surface area (Å²) in [5, 5.41) is 2.44. The van der Waals surface area contributed by atoms with Crippen LogP contribution in [0, 0.1) is 0 Å². The summed E-state index contributed by atoms with van der Waals surface area (Å²) in [4.78, 5) is 21.9. The van der Waals surface area contributed by atoms with Gasteiger partial charge in [0.1, 0.15) is 0 Å². The second-order valence-corrected chi connectivity index (χ2v) is 2.83. The van der Waals surface area contributed by atoms with E-state index in [1.165, 1.54) is 16.9 Å². The Hall–Kier alpha value is -2.10. The highest BCUT2D eigenvalue weighted by atomic mass is 16.2. The van der Waals surface area contributed by atoms with Gasteiger partial charge in [-0.2, -0.15) is 0 Å². The fourth-order valence-electron chi connectivity index (χ4n) is 1.16. The molecule has 0 spiro atoms. The third-order valence-corrected chi connectivity index (χ3v) is 1.86. The van der Waals surface area contributed by atoms with Crippen LogP contribution in [0.25, 0.3) is 5.69 Å². The first kappa shape index (κ1) is 8.50. The molecule has 1 heterocycles. The number of hydrogen-bond acceptors (Lipinski definition) is 2. The standard InChI is InChI=1S/C10H8N2O2/c13-9-6-7-12(11-10(9)14)8-4-2-1-3-5-8/h1-7H,(H,11,14). The van der Waals surface area contributed by atoms with Crippen LogP contribution in [0.3, 0.4) is 0 Å². The first-order valence-corrected chi connectivity index (χ1v) is 4.15. The van der Waals surface area contributed by atoms with Crippen LogP contribution in [0.1, 0.15) is 0 Å². The van der Waals surface area contributed by atoms with Gasteiger partial charge in [0.2, 0.25) is 5.43 Å². The number of benzene rings is 1. The van der Waals surface area contributed by atoms with Crippen molar-refractivity contribution in [2.45, 2.75) is 0 Å². The van der Waals surface area contributed by atoms with Crippen molar-refractivity contribution in [1.29, 1.82) is 0 Å². The lowest BCUT2D eigenvalue weighted by atomic mass is 10.3. The Morgan fingerprint density at radius 1 is 1.00 bits per heavy atom. The highest BCUT2D eigenvalue weighted by Crippen LogP contribution is 2.01. The largest absolute Gasteiger partial charge is 0.310 e. The molecule has 0 saturated heterocycles. The number of H-pyrrole nitrogens is 1. The minimum Gasteiger partial charge on any atom is -0.284 e. The zero-order valence-electron chi connectivity index (χ0n) is 7.31. The summed E-state index contributed by atoms with van der Waals surface area (Å²) >= 11 is 0. The Balaban J connectivity index is 2.59. The summed E-state index contributed by atoms with van der Waals surface area (Å²) in [6.07, 6.45) is 1.53. The molecule has 0 bridgehead atoms. The molecule has 14 heavy (non-hydrogen) atoms. The molecular weight excluding hydrogens is 180 g/mol. The van der Waals surface area contributed by atoms with Crippen LogP contribution in [-0.2, 0) is 0 Å². The fraction of sp³-hybridized carbons (Fsp3) is 0. The Bertz CT molecular complexity index is 540. The van der Waals surface area contributed by atoms with Crippen LogP contribution in [0.5, 0.6) is 0 Å². The smallest absolute Gasteiger partial charge is 0.284 e. The zero-order valence-corrected chi connectivity index (χ0v) is 7.31. The summed E-state index contributed by atoms with van der Waals surface area (Å²) in [7, 11) is 0. The second-order valence-electron chi connectivity index (χ2n) is 2.83. The van der Waals surface area contributed by atoms with Gasteiger partial charge < -0.3 is 0 Å². The molecule has 0 saturated carbocycles. The molecule has 2 aromatic rings. The molecule has 0 aliphatic heterocycles. The topological polar surface area (TPSA) is 54.9 Å². The van der Waals surface area contributed by atoms with Gasteiger partial charge >= 0.3 is 5.56 Å². The average molecular weight is 188 g/mol. The van der Waals surface area contributed by atoms with Crippen molar-refractivity contribution < 1.29 is 0 Å². The van der Waals surface area contributed by atoms with Crippen LogP contribution in [0.2, 0.25) is 0 Å². The predicted octanol–water partition coefficient (Wildman–Crippen LogP) is 0.526. The van der Waals surface area contributed by atoms with E-state index in [0.717, 1.165) is 5.69 Å². The fourth-order valence-corrected chi connectivity index (χ4v) is 1.16. The normalized spacial score (nSPS) is 10.0. The molecule has 1 N–H and O–H groups in total. The number of hydrogen-bond donors (Lipinski definition) is 1. The second kappa shape index (κ2) is 3.33. The Labute approximate surface area is 79.4 Å². The van der Waals surface area contributed by atoms with Crippen molar-refractivity contribution in [2.75, 3.05) is 0 Å². The predicted molar refractivity (Wildman–Crippen MR) is 52.7 cm³/mol. The minimum atomic E-state index is -0.614. The zero-order chi connectivity index (χ0) is 9.97. The van der Waals surface area contributed by atoms with E-state index in [0.29, 0.717) is 0 Å². The number of nitrogens with zero attached hydrogens (tertiary/aromatic N) is 1. The number of rotatable bonds is 1. The van der Waals surface area contributed by atoms with Gasteiger partial charge in [0.25, 0.3) is 0 Å². The van der Waals surface area contributed by atoms with E-state index in [4.69, 9.17) is 0 Å². The minimum absolute atomic E-state index is 0.530. The average Bonchev–Trinajstić information content (AvgIpc) is 2.23. The molecule has 4 nitrogen and oxygen atoms in total. The maximum Gasteiger partial charge on any atom is 0.310 e. The summed E-state index contributed by atoms with van der Waals surface area (Å²) in [6, 6.07) is 10.5. The van der Waals surface area contributed by atoms with Crippen LogP contribution < -0.4 is 11.0 Å². The highest BCUT2D eigenvalue weighted by molar-refractivity contribution is 5.29. The van der Waals surface area contributed by atoms with E-state index in [-0.39, 0.29) is 0 Å². The van der Waals surface area contributed by atoms with Gasteiger partial charge in [-0.25, -0.2) is 0 Å². The third kappa shape index (κ3) is 1.50. The van der Waals surface area contributed by atoms with Crippen molar-refractivity contribution in [3.63, 3.8) is 0 Å². The van der Waals surface area contributed by atoms with Crippen molar-refractivity contribution in [2.24, 2.45) is 0 Å². The van der Waals surface area contributed by atoms with E-state index in [1.807, 2.05) is 30.3 Å². The van der Waals surface area contributed by atoms with E-state index < -0.39 is 11.0 Å². The molecule has 4 heteroatoms. The van der Waals surface area contributed by atoms with Gasteiger partial charge in [0.15, 0.2) is 0 Å². The molecule has 0 atom stereocenters. The summed E-state index contributed by atoms with van der Waals surface area (Å²) in [5.74, 6) is 0. The van der Waals surface area contributed by atoms with Crippen molar-refractivity contribution in [3.05, 3.63) is 63.2 Å². The Kier molecular flexibility index (Phi) is 2.02. The van der Waals surface area contributed by atoms with E-state index in [2.05, 4.69) is 5.10 Å². The molecule has 0 radical (unpaired) electrons. The molecule has 1 aromatic carbocycles. The lowest BCUT2D eigenvalue weighted by molar-refractivity contribution is 0.811. The third-order valence-electron chi connectivity index (χ3n) is 1.86. The first-order chi connectivity index (χ1) is 6.77. The van der Waals surface area contributed by atoms with Crippen molar-refractivity contribution >= 4 is 0 Å². The number of aromatic nitrogens is 2. The van der Waals surface area contributed by atoms with E-state index in [9.17, 15) is 9.59 Å². The number of nitrogens with one attached hydrogen (secondary N) is 1. The molecule has 0 aliphatic rings. The van der Waals surface area contributed by atoms with E-state index >= 15 is 0 Å². The van der Waals surface area contributed by atoms with Crippen molar-refractivity contribution in [1.82, 2.24) is 9.78 Å². The summed E-state index contributed by atoms with van der Waals surface area (Å²) in [6.45, 7) is 0. The Morgan fingerprint density at radius 3 is 2.36 bits per heavy atom. The van der Waals surface area contributed by atoms with E-state index in [1.54, 1.807) is 0 Å². The van der Waals surface area contributed by atoms with Gasteiger partial charge in [0.05, 0.1) is 5.69 Å².